The third kappa shape index (κ3) is 3.32. The molecule has 0 spiro atoms. The summed E-state index contributed by atoms with van der Waals surface area (Å²) in [4.78, 5) is 9.24. The van der Waals surface area contributed by atoms with E-state index in [2.05, 4.69) is 27.8 Å². The molecule has 0 fully saturated rings. The maximum atomic E-state index is 7.59. The molecular formula is C21H19N5. The molecule has 128 valence electrons. The molecule has 0 atom stereocenters. The smallest absolute Gasteiger partial charge is 0.122 e. The van der Waals surface area contributed by atoms with Crippen LogP contribution in [0, 0.1) is 5.41 Å². The Morgan fingerprint density at radius 3 is 2.81 bits per heavy atom. The van der Waals surface area contributed by atoms with E-state index in [1.807, 2.05) is 54.9 Å². The summed E-state index contributed by atoms with van der Waals surface area (Å²) in [6.07, 6.45) is 4.45. The third-order valence-corrected chi connectivity index (χ3v) is 4.39. The lowest BCUT2D eigenvalue weighted by molar-refractivity contribution is 0.736. The number of aromatic nitrogens is 3. The van der Waals surface area contributed by atoms with Crippen molar-refractivity contribution in [2.45, 2.75) is 13.0 Å². The number of amidine groups is 1. The summed E-state index contributed by atoms with van der Waals surface area (Å²) in [5, 5.41) is 8.73. The van der Waals surface area contributed by atoms with Gasteiger partial charge in [0.1, 0.15) is 11.7 Å². The summed E-state index contributed by atoms with van der Waals surface area (Å²) in [6.45, 7) is 0.685. The molecule has 3 N–H and O–H groups in total. The van der Waals surface area contributed by atoms with Crippen LogP contribution in [0.3, 0.4) is 0 Å². The number of rotatable bonds is 5. The molecule has 4 rings (SSSR count). The first kappa shape index (κ1) is 16.0. The van der Waals surface area contributed by atoms with Gasteiger partial charge in [-0.3, -0.25) is 10.4 Å². The summed E-state index contributed by atoms with van der Waals surface area (Å²) in [6, 6.07) is 20.0. The van der Waals surface area contributed by atoms with Crippen LogP contribution in [0.2, 0.25) is 0 Å². The molecule has 0 aliphatic carbocycles. The van der Waals surface area contributed by atoms with Crippen molar-refractivity contribution in [1.82, 2.24) is 14.5 Å². The molecule has 2 heterocycles. The van der Waals surface area contributed by atoms with Gasteiger partial charge in [-0.2, -0.15) is 0 Å². The van der Waals surface area contributed by atoms with Crippen LogP contribution in [0.5, 0.6) is 0 Å². The van der Waals surface area contributed by atoms with Crippen molar-refractivity contribution < 1.29 is 0 Å². The molecule has 0 aliphatic rings. The fourth-order valence-electron chi connectivity index (χ4n) is 3.05. The molecular weight excluding hydrogens is 322 g/mol. The van der Waals surface area contributed by atoms with Gasteiger partial charge in [-0.1, -0.05) is 42.5 Å². The summed E-state index contributed by atoms with van der Waals surface area (Å²) < 4.78 is 2.11. The Bertz CT molecular complexity index is 1080. The van der Waals surface area contributed by atoms with Gasteiger partial charge in [0.25, 0.3) is 0 Å². The molecule has 5 nitrogen and oxygen atoms in total. The third-order valence-electron chi connectivity index (χ3n) is 4.39. The largest absolute Gasteiger partial charge is 0.384 e. The SMILES string of the molecule is N=C(N)c1cccc(Cn2ccnc2Cc2ccc3ccccc3n2)c1. The second-order valence-corrected chi connectivity index (χ2v) is 6.26. The Morgan fingerprint density at radius 2 is 1.92 bits per heavy atom. The summed E-state index contributed by atoms with van der Waals surface area (Å²) in [5.41, 5.74) is 9.40. The Hall–Kier alpha value is -3.47. The molecule has 0 unspecified atom stereocenters. The lowest BCUT2D eigenvalue weighted by Crippen LogP contribution is -2.12. The first-order chi connectivity index (χ1) is 12.7. The number of nitrogens with zero attached hydrogens (tertiary/aromatic N) is 3. The fraction of sp³-hybridized carbons (Fsp3) is 0.0952. The van der Waals surface area contributed by atoms with Crippen LogP contribution in [0.25, 0.3) is 10.9 Å². The highest BCUT2D eigenvalue weighted by Gasteiger charge is 2.08. The molecule has 0 bridgehead atoms. The van der Waals surface area contributed by atoms with Gasteiger partial charge < -0.3 is 10.3 Å². The van der Waals surface area contributed by atoms with Gasteiger partial charge in [0.15, 0.2) is 0 Å². The van der Waals surface area contributed by atoms with Crippen molar-refractivity contribution in [3.63, 3.8) is 0 Å². The van der Waals surface area contributed by atoms with Gasteiger partial charge in [0.2, 0.25) is 0 Å². The maximum Gasteiger partial charge on any atom is 0.122 e. The van der Waals surface area contributed by atoms with Crippen molar-refractivity contribution in [2.24, 2.45) is 5.73 Å². The molecule has 0 radical (unpaired) electrons. The zero-order valence-corrected chi connectivity index (χ0v) is 14.3. The molecule has 2 aromatic heterocycles. The van der Waals surface area contributed by atoms with Crippen molar-refractivity contribution in [3.05, 3.63) is 95.7 Å². The van der Waals surface area contributed by atoms with Crippen molar-refractivity contribution in [1.29, 1.82) is 5.41 Å². The monoisotopic (exact) mass is 341 g/mol. The second kappa shape index (κ2) is 6.80. The van der Waals surface area contributed by atoms with Gasteiger partial charge >= 0.3 is 0 Å². The Labute approximate surface area is 151 Å². The Morgan fingerprint density at radius 1 is 1.04 bits per heavy atom. The Kier molecular flexibility index (Phi) is 4.19. The summed E-state index contributed by atoms with van der Waals surface area (Å²) in [7, 11) is 0. The van der Waals surface area contributed by atoms with E-state index in [-0.39, 0.29) is 5.84 Å². The number of benzene rings is 2. The highest BCUT2D eigenvalue weighted by Crippen LogP contribution is 2.15. The maximum absolute atomic E-state index is 7.59. The fourth-order valence-corrected chi connectivity index (χ4v) is 3.05. The van der Waals surface area contributed by atoms with E-state index < -0.39 is 0 Å². The number of hydrogen-bond acceptors (Lipinski definition) is 3. The van der Waals surface area contributed by atoms with Crippen LogP contribution in [-0.4, -0.2) is 20.4 Å². The predicted octanol–water partition coefficient (Wildman–Crippen LogP) is 3.35. The van der Waals surface area contributed by atoms with E-state index >= 15 is 0 Å². The molecule has 0 saturated heterocycles. The molecule has 0 aliphatic heterocycles. The second-order valence-electron chi connectivity index (χ2n) is 6.26. The topological polar surface area (TPSA) is 80.6 Å². The van der Waals surface area contributed by atoms with E-state index in [4.69, 9.17) is 16.1 Å². The van der Waals surface area contributed by atoms with Gasteiger partial charge in [0, 0.05) is 42.0 Å². The highest BCUT2D eigenvalue weighted by molar-refractivity contribution is 5.95. The highest BCUT2D eigenvalue weighted by atomic mass is 15.1. The van der Waals surface area contributed by atoms with Crippen molar-refractivity contribution in [3.8, 4) is 0 Å². The lowest BCUT2D eigenvalue weighted by atomic mass is 10.1. The normalized spacial score (nSPS) is 10.9. The lowest BCUT2D eigenvalue weighted by Gasteiger charge is -2.09. The number of para-hydroxylation sites is 1. The van der Waals surface area contributed by atoms with Gasteiger partial charge in [0.05, 0.1) is 5.52 Å². The minimum absolute atomic E-state index is 0.0815. The first-order valence-corrected chi connectivity index (χ1v) is 8.47. The van der Waals surface area contributed by atoms with Crippen molar-refractivity contribution in [2.75, 3.05) is 0 Å². The van der Waals surface area contributed by atoms with Crippen LogP contribution in [0.15, 0.2) is 73.1 Å². The van der Waals surface area contributed by atoms with E-state index in [1.54, 1.807) is 0 Å². The number of nitrogens with one attached hydrogen (secondary N) is 1. The van der Waals surface area contributed by atoms with Crippen LogP contribution in [0.4, 0.5) is 0 Å². The van der Waals surface area contributed by atoms with E-state index in [9.17, 15) is 0 Å². The number of nitrogen functional groups attached to an aromatic ring is 1. The number of fused-ring (bicyclic) bond motifs is 1. The first-order valence-electron chi connectivity index (χ1n) is 8.47. The predicted molar refractivity (Wildman–Crippen MR) is 103 cm³/mol. The number of imidazole rings is 1. The Balaban J connectivity index is 1.58. The van der Waals surface area contributed by atoms with E-state index in [0.717, 1.165) is 33.5 Å². The van der Waals surface area contributed by atoms with E-state index in [0.29, 0.717) is 13.0 Å². The number of nitrogens with two attached hydrogens (primary N) is 1. The van der Waals surface area contributed by atoms with Gasteiger partial charge in [-0.15, -0.1) is 0 Å². The standard InChI is InChI=1S/C21H19N5/c22-21(23)17-6-3-4-15(12-17)14-26-11-10-24-20(26)13-18-9-8-16-5-1-2-7-19(16)25-18/h1-12H,13-14H2,(H3,22,23). The minimum Gasteiger partial charge on any atom is -0.384 e. The van der Waals surface area contributed by atoms with Gasteiger partial charge in [-0.05, 0) is 23.8 Å². The molecule has 4 aromatic rings. The average molecular weight is 341 g/mol. The molecule has 5 heteroatoms. The van der Waals surface area contributed by atoms with E-state index in [1.165, 1.54) is 0 Å². The molecule has 0 amide bonds. The van der Waals surface area contributed by atoms with Crippen molar-refractivity contribution >= 4 is 16.7 Å². The zero-order valence-electron chi connectivity index (χ0n) is 14.3. The summed E-state index contributed by atoms with van der Waals surface area (Å²) in [5.74, 6) is 1.04. The summed E-state index contributed by atoms with van der Waals surface area (Å²) >= 11 is 0. The number of hydrogen-bond donors (Lipinski definition) is 2. The van der Waals surface area contributed by atoms with Crippen LogP contribution >= 0.6 is 0 Å². The quantitative estimate of drug-likeness (QED) is 0.431. The average Bonchev–Trinajstić information content (AvgIpc) is 3.08. The molecule has 26 heavy (non-hydrogen) atoms. The molecule has 0 saturated carbocycles. The molecule has 2 aromatic carbocycles. The van der Waals surface area contributed by atoms with Crippen LogP contribution in [-0.2, 0) is 13.0 Å². The van der Waals surface area contributed by atoms with Crippen LogP contribution < -0.4 is 5.73 Å². The zero-order chi connectivity index (χ0) is 17.9. The van der Waals surface area contributed by atoms with Gasteiger partial charge in [-0.25, -0.2) is 4.98 Å². The number of pyridine rings is 1. The van der Waals surface area contributed by atoms with Crippen LogP contribution in [0.1, 0.15) is 22.6 Å². The minimum atomic E-state index is 0.0815.